The Balaban J connectivity index is 0.971. The Morgan fingerprint density at radius 1 is 0.460 bits per heavy atom. The Kier molecular flexibility index (Phi) is 8.02. The smallest absolute Gasteiger partial charge is 0.0543 e. The van der Waals surface area contributed by atoms with Gasteiger partial charge >= 0.3 is 0 Å². The maximum atomic E-state index is 2.64. The van der Waals surface area contributed by atoms with E-state index in [0.29, 0.717) is 0 Å². The van der Waals surface area contributed by atoms with E-state index in [1.54, 1.807) is 0 Å². The molecule has 302 valence electrons. The Morgan fingerprint density at radius 2 is 1.00 bits per heavy atom. The van der Waals surface area contributed by atoms with E-state index in [0.717, 1.165) is 6.42 Å². The molecule has 0 fully saturated rings. The summed E-state index contributed by atoms with van der Waals surface area (Å²) in [5, 5.41) is 14.3. The van der Waals surface area contributed by atoms with Crippen molar-refractivity contribution in [2.75, 3.05) is 4.90 Å². The third-order valence-corrected chi connectivity index (χ3v) is 20.0. The predicted octanol–water partition coefficient (Wildman–Crippen LogP) is 18.0. The molecule has 0 amide bonds. The number of para-hydroxylation sites is 1. The van der Waals surface area contributed by atoms with Crippen molar-refractivity contribution < 1.29 is 0 Å². The highest BCUT2D eigenvalue weighted by molar-refractivity contribution is 7.68. The highest BCUT2D eigenvalue weighted by Gasteiger charge is 2.47. The average molecular weight is 844 g/mol. The van der Waals surface area contributed by atoms with Gasteiger partial charge in [-0.15, -0.1) is 0 Å². The van der Waals surface area contributed by atoms with Crippen molar-refractivity contribution in [3.8, 4) is 21.7 Å². The molecular formula is C60H47NP2. The first kappa shape index (κ1) is 37.2. The molecule has 10 aromatic rings. The Morgan fingerprint density at radius 3 is 1.67 bits per heavy atom. The van der Waals surface area contributed by atoms with Gasteiger partial charge in [0, 0.05) is 42.9 Å². The summed E-state index contributed by atoms with van der Waals surface area (Å²) in [6, 6.07) is 69.6. The number of hydrogen-bond acceptors (Lipinski definition) is 1. The van der Waals surface area contributed by atoms with Crippen LogP contribution in [0.15, 0.2) is 205 Å². The van der Waals surface area contributed by atoms with Gasteiger partial charge in [-0.25, -0.2) is 0 Å². The zero-order chi connectivity index (χ0) is 42.2. The first-order chi connectivity index (χ1) is 30.8. The molecule has 0 radical (unpaired) electrons. The van der Waals surface area contributed by atoms with Crippen LogP contribution < -0.4 is 4.90 Å². The topological polar surface area (TPSA) is 3.24 Å². The fourth-order valence-electron chi connectivity index (χ4n) is 11.7. The molecule has 1 nitrogen and oxygen atoms in total. The van der Waals surface area contributed by atoms with Crippen molar-refractivity contribution in [2.45, 2.75) is 50.9 Å². The molecule has 8 aromatic carbocycles. The summed E-state index contributed by atoms with van der Waals surface area (Å²) in [5.74, 6) is 0.279. The molecule has 0 saturated carbocycles. The van der Waals surface area contributed by atoms with Gasteiger partial charge in [0.25, 0.3) is 0 Å². The predicted molar refractivity (Wildman–Crippen MR) is 274 cm³/mol. The summed E-state index contributed by atoms with van der Waals surface area (Å²) in [6.45, 7) is 9.88. The lowest BCUT2D eigenvalue weighted by molar-refractivity contribution is 0.543. The minimum atomic E-state index is -0.606. The second kappa shape index (κ2) is 13.6. The summed E-state index contributed by atoms with van der Waals surface area (Å²) in [4.78, 5) is 2.64. The van der Waals surface area contributed by atoms with Crippen LogP contribution in [0.3, 0.4) is 0 Å². The van der Waals surface area contributed by atoms with Gasteiger partial charge in [0.15, 0.2) is 0 Å². The zero-order valence-corrected chi connectivity index (χ0v) is 37.9. The lowest BCUT2D eigenvalue weighted by Gasteiger charge is -2.51. The summed E-state index contributed by atoms with van der Waals surface area (Å²) < 4.78 is 0. The molecule has 63 heavy (non-hydrogen) atoms. The van der Waals surface area contributed by atoms with Crippen molar-refractivity contribution in [2.24, 2.45) is 0 Å². The van der Waals surface area contributed by atoms with E-state index in [2.05, 4.69) is 227 Å². The van der Waals surface area contributed by atoms with Gasteiger partial charge in [0.2, 0.25) is 0 Å². The average Bonchev–Trinajstić information content (AvgIpc) is 3.84. The van der Waals surface area contributed by atoms with E-state index in [4.69, 9.17) is 0 Å². The third-order valence-electron chi connectivity index (χ3n) is 14.9. The molecule has 3 aliphatic rings. The monoisotopic (exact) mass is 843 g/mol. The molecule has 2 aliphatic heterocycles. The van der Waals surface area contributed by atoms with Gasteiger partial charge in [-0.05, 0) is 126 Å². The van der Waals surface area contributed by atoms with Crippen molar-refractivity contribution in [1.82, 2.24) is 0 Å². The summed E-state index contributed by atoms with van der Waals surface area (Å²) in [6.07, 6.45) is 5.96. The number of allylic oxidation sites excluding steroid dienone is 3. The van der Waals surface area contributed by atoms with Gasteiger partial charge in [-0.3, -0.25) is 0 Å². The summed E-state index contributed by atoms with van der Waals surface area (Å²) >= 11 is 0. The zero-order valence-electron chi connectivity index (χ0n) is 36.1. The van der Waals surface area contributed by atoms with E-state index in [9.17, 15) is 0 Å². The van der Waals surface area contributed by atoms with Crippen molar-refractivity contribution in [3.63, 3.8) is 0 Å². The van der Waals surface area contributed by atoms with Crippen LogP contribution in [0.5, 0.6) is 0 Å². The van der Waals surface area contributed by atoms with Crippen molar-refractivity contribution in [3.05, 3.63) is 228 Å². The minimum absolute atomic E-state index is 0.187. The summed E-state index contributed by atoms with van der Waals surface area (Å²) in [7, 11) is -1.19. The molecule has 0 spiro atoms. The maximum Gasteiger partial charge on any atom is 0.0543 e. The second-order valence-corrected chi connectivity index (χ2v) is 23.2. The van der Waals surface area contributed by atoms with Crippen LogP contribution in [0.25, 0.3) is 63.8 Å². The highest BCUT2D eigenvalue weighted by Crippen LogP contribution is 2.62. The van der Waals surface area contributed by atoms with Gasteiger partial charge < -0.3 is 4.90 Å². The normalized spacial score (nSPS) is 17.7. The number of fused-ring (bicyclic) bond motifs is 9. The molecule has 0 saturated heterocycles. The Hall–Kier alpha value is -6.36. The Bertz CT molecular complexity index is 3600. The molecular weight excluding hydrogens is 797 g/mol. The van der Waals surface area contributed by atoms with Gasteiger partial charge in [0.05, 0.1) is 11.4 Å². The fraction of sp³-hybridized carbons (Fsp3) is 0.133. The first-order valence-corrected chi connectivity index (χ1v) is 25.1. The van der Waals surface area contributed by atoms with E-state index in [1.807, 2.05) is 0 Å². The maximum absolute atomic E-state index is 2.64. The quantitative estimate of drug-likeness (QED) is 0.171. The van der Waals surface area contributed by atoms with Gasteiger partial charge in [-0.1, -0.05) is 188 Å². The van der Waals surface area contributed by atoms with Crippen molar-refractivity contribution >= 4 is 68.5 Å². The number of nitrogens with zero attached hydrogens (tertiary/aromatic N) is 1. The van der Waals surface area contributed by atoms with Gasteiger partial charge in [0.1, 0.15) is 0 Å². The highest BCUT2D eigenvalue weighted by atomic mass is 31.1. The number of hydrogen-bond donors (Lipinski definition) is 0. The van der Waals surface area contributed by atoms with Crippen LogP contribution in [0.2, 0.25) is 0 Å². The fourth-order valence-corrected chi connectivity index (χ4v) is 16.9. The molecule has 3 heteroatoms. The minimum Gasteiger partial charge on any atom is -0.310 e. The van der Waals surface area contributed by atoms with Crippen molar-refractivity contribution in [1.29, 1.82) is 0 Å². The largest absolute Gasteiger partial charge is 0.310 e. The number of benzene rings is 8. The van der Waals surface area contributed by atoms with Gasteiger partial charge in [-0.2, -0.15) is 0 Å². The van der Waals surface area contributed by atoms with Crippen LogP contribution in [0.4, 0.5) is 11.4 Å². The second-order valence-electron chi connectivity index (χ2n) is 18.9. The van der Waals surface area contributed by atoms with Crippen LogP contribution in [0, 0.1) is 0 Å². The van der Waals surface area contributed by atoms with E-state index in [1.165, 1.54) is 109 Å². The van der Waals surface area contributed by atoms with Crippen LogP contribution in [-0.4, -0.2) is 0 Å². The molecule has 4 heterocycles. The molecule has 3 unspecified atom stereocenters. The van der Waals surface area contributed by atoms with E-state index >= 15 is 0 Å². The Labute approximate surface area is 371 Å². The van der Waals surface area contributed by atoms with Crippen LogP contribution in [-0.2, 0) is 10.8 Å². The lowest BCUT2D eigenvalue weighted by atomic mass is 9.63. The lowest BCUT2D eigenvalue weighted by Crippen LogP contribution is -2.41. The molecule has 3 atom stereocenters. The molecule has 0 bridgehead atoms. The van der Waals surface area contributed by atoms with E-state index < -0.39 is 15.1 Å². The molecule has 0 N–H and O–H groups in total. The first-order valence-electron chi connectivity index (χ1n) is 22.5. The van der Waals surface area contributed by atoms with Crippen LogP contribution in [0.1, 0.15) is 62.3 Å². The molecule has 2 aromatic heterocycles. The van der Waals surface area contributed by atoms with Crippen LogP contribution >= 0.6 is 15.1 Å². The third kappa shape index (κ3) is 5.31. The SMILES string of the molecule is CC1(C)C2=C(C=CC(c3ccc4c(c3)c3ccccc3p4-c3ccccc3)C2)N2c3ccccc3C(C)(C)c3cc(-c4ccc5c(c4)c4ccccc4p5-c4ccccc4)cc1c32. The summed E-state index contributed by atoms with van der Waals surface area (Å²) in [5.41, 5.74) is 13.4. The molecule has 1 aliphatic carbocycles. The number of anilines is 2. The van der Waals surface area contributed by atoms with E-state index in [-0.39, 0.29) is 16.7 Å². The molecule has 13 rings (SSSR count). The standard InChI is InChI=1S/C60H47NP2/c1-59(2)48-23-13-14-24-52(48)61-53-30-27-40(38-28-31-56-46(33-38)44-21-11-15-25-54(44)62(56)42-17-7-5-8-18-42)35-49(53)60(3,4)51-37-41(36-50(59)58(51)61)39-29-32-57-47(34-39)45-22-12-16-26-55(45)63(57)43-19-9-6-10-20-43/h5-34,36-37,40H,35H2,1-4H3. The number of rotatable bonds is 4.